The van der Waals surface area contributed by atoms with E-state index in [4.69, 9.17) is 5.11 Å². The molecule has 1 rings (SSSR count). The minimum absolute atomic E-state index is 0.0607. The van der Waals surface area contributed by atoms with E-state index >= 15 is 0 Å². The van der Waals surface area contributed by atoms with E-state index in [9.17, 15) is 22.8 Å². The molecule has 1 aliphatic heterocycles. The molecule has 1 aliphatic rings. The molecule has 0 aromatic carbocycles. The highest BCUT2D eigenvalue weighted by Gasteiger charge is 2.36. The van der Waals surface area contributed by atoms with Crippen LogP contribution in [0.5, 0.6) is 0 Å². The number of nitrogens with zero attached hydrogens (tertiary/aromatic N) is 2. The smallest absolute Gasteiger partial charge is 0.406 e. The van der Waals surface area contributed by atoms with Crippen molar-refractivity contribution in [1.82, 2.24) is 9.80 Å². The van der Waals surface area contributed by atoms with E-state index in [0.717, 1.165) is 17.9 Å². The fourth-order valence-electron chi connectivity index (χ4n) is 2.93. The molecule has 8 heteroatoms. The third-order valence-electron chi connectivity index (χ3n) is 3.90. The van der Waals surface area contributed by atoms with Crippen molar-refractivity contribution in [3.05, 3.63) is 0 Å². The maximum atomic E-state index is 12.6. The summed E-state index contributed by atoms with van der Waals surface area (Å²) in [4.78, 5) is 25.8. The zero-order chi connectivity index (χ0) is 17.5. The molecule has 5 nitrogen and oxygen atoms in total. The Kier molecular flexibility index (Phi) is 7.81. The van der Waals surface area contributed by atoms with Gasteiger partial charge in [-0.3, -0.25) is 9.59 Å². The molecule has 1 saturated heterocycles. The van der Waals surface area contributed by atoms with Gasteiger partial charge in [0.2, 0.25) is 5.91 Å². The van der Waals surface area contributed by atoms with Gasteiger partial charge in [-0.1, -0.05) is 6.92 Å². The normalized spacial score (nSPS) is 19.6. The highest BCUT2D eigenvalue weighted by molar-refractivity contribution is 5.79. The molecular formula is C15H25F3N2O3. The van der Waals surface area contributed by atoms with Crippen LogP contribution in [0, 0.1) is 5.92 Å². The Morgan fingerprint density at radius 2 is 2.04 bits per heavy atom. The fraction of sp³-hybridized carbons (Fsp3) is 0.867. The molecule has 0 radical (unpaired) electrons. The standard InChI is InChI=1S/C15H25F3N2O3/c1-2-7-20(11-15(16,17)18)14(23)12-5-3-8-19(10-12)9-4-6-13(21)22/h12H,2-11H2,1H3,(H,21,22)/t12-/m1/s1. The molecule has 0 aromatic heterocycles. The van der Waals surface area contributed by atoms with Crippen LogP contribution in [0.15, 0.2) is 0 Å². The summed E-state index contributed by atoms with van der Waals surface area (Å²) in [6, 6.07) is 0. The van der Waals surface area contributed by atoms with Crippen LogP contribution < -0.4 is 0 Å². The van der Waals surface area contributed by atoms with Crippen LogP contribution in [0.4, 0.5) is 13.2 Å². The number of carboxylic acid groups (broad SMARTS) is 1. The molecule has 1 fully saturated rings. The maximum absolute atomic E-state index is 12.6. The number of hydrogen-bond donors (Lipinski definition) is 1. The number of carboxylic acids is 1. The van der Waals surface area contributed by atoms with Crippen LogP contribution in [0.2, 0.25) is 0 Å². The highest BCUT2D eigenvalue weighted by atomic mass is 19.4. The van der Waals surface area contributed by atoms with Gasteiger partial charge in [0.25, 0.3) is 0 Å². The minimum atomic E-state index is -4.39. The monoisotopic (exact) mass is 338 g/mol. The Balaban J connectivity index is 2.56. The molecule has 0 aliphatic carbocycles. The molecule has 1 N–H and O–H groups in total. The molecule has 1 atom stereocenters. The minimum Gasteiger partial charge on any atom is -0.481 e. The van der Waals surface area contributed by atoms with Gasteiger partial charge in [-0.15, -0.1) is 0 Å². The van der Waals surface area contributed by atoms with E-state index < -0.39 is 30.5 Å². The average Bonchev–Trinajstić information content (AvgIpc) is 2.44. The lowest BCUT2D eigenvalue weighted by Crippen LogP contribution is -2.47. The first kappa shape index (κ1) is 19.7. The van der Waals surface area contributed by atoms with Crippen molar-refractivity contribution in [1.29, 1.82) is 0 Å². The molecule has 0 saturated carbocycles. The lowest BCUT2D eigenvalue weighted by atomic mass is 9.96. The van der Waals surface area contributed by atoms with E-state index in [-0.39, 0.29) is 13.0 Å². The molecule has 0 bridgehead atoms. The van der Waals surface area contributed by atoms with Crippen LogP contribution in [-0.4, -0.2) is 65.7 Å². The molecule has 0 spiro atoms. The van der Waals surface area contributed by atoms with E-state index in [2.05, 4.69) is 0 Å². The molecule has 134 valence electrons. The molecule has 23 heavy (non-hydrogen) atoms. The Morgan fingerprint density at radius 1 is 1.35 bits per heavy atom. The Bertz CT molecular complexity index is 402. The van der Waals surface area contributed by atoms with Gasteiger partial charge in [-0.2, -0.15) is 13.2 Å². The fourth-order valence-corrected chi connectivity index (χ4v) is 2.93. The summed E-state index contributed by atoms with van der Waals surface area (Å²) in [6.45, 7) is 2.38. The van der Waals surface area contributed by atoms with Crippen LogP contribution >= 0.6 is 0 Å². The van der Waals surface area contributed by atoms with Crippen molar-refractivity contribution in [2.75, 3.05) is 32.7 Å². The third kappa shape index (κ3) is 7.67. The SMILES string of the molecule is CCCN(CC(F)(F)F)C(=O)[C@@H]1CCCN(CCCC(=O)O)C1. The van der Waals surface area contributed by atoms with Gasteiger partial charge in [-0.05, 0) is 38.8 Å². The zero-order valence-electron chi connectivity index (χ0n) is 13.4. The summed E-state index contributed by atoms with van der Waals surface area (Å²) in [5, 5.41) is 8.64. The van der Waals surface area contributed by atoms with Gasteiger partial charge < -0.3 is 14.9 Å². The summed E-state index contributed by atoms with van der Waals surface area (Å²) in [5.74, 6) is -1.73. The van der Waals surface area contributed by atoms with Crippen molar-refractivity contribution < 1.29 is 27.9 Å². The lowest BCUT2D eigenvalue weighted by molar-refractivity contribution is -0.164. The number of alkyl halides is 3. The number of amides is 1. The molecule has 0 aromatic rings. The van der Waals surface area contributed by atoms with Crippen molar-refractivity contribution in [2.24, 2.45) is 5.92 Å². The van der Waals surface area contributed by atoms with E-state index in [1.54, 1.807) is 6.92 Å². The first-order valence-electron chi connectivity index (χ1n) is 8.02. The number of carbonyl (C=O) groups is 2. The quantitative estimate of drug-likeness (QED) is 0.738. The van der Waals surface area contributed by atoms with E-state index in [1.165, 1.54) is 0 Å². The predicted octanol–water partition coefficient (Wildman–Crippen LogP) is 2.36. The number of carbonyl (C=O) groups excluding carboxylic acids is 1. The first-order valence-corrected chi connectivity index (χ1v) is 8.02. The van der Waals surface area contributed by atoms with Crippen LogP contribution in [-0.2, 0) is 9.59 Å². The Hall–Kier alpha value is -1.31. The van der Waals surface area contributed by atoms with Crippen molar-refractivity contribution in [3.63, 3.8) is 0 Å². The summed E-state index contributed by atoms with van der Waals surface area (Å²) in [5.41, 5.74) is 0. The number of hydrogen-bond acceptors (Lipinski definition) is 3. The number of halogens is 3. The van der Waals surface area contributed by atoms with Gasteiger partial charge in [0.05, 0.1) is 5.92 Å². The zero-order valence-corrected chi connectivity index (χ0v) is 13.4. The maximum Gasteiger partial charge on any atom is 0.406 e. The van der Waals surface area contributed by atoms with E-state index in [1.807, 2.05) is 4.90 Å². The lowest BCUT2D eigenvalue weighted by Gasteiger charge is -2.35. The second-order valence-electron chi connectivity index (χ2n) is 6.01. The Labute approximate surface area is 134 Å². The molecule has 0 unspecified atom stereocenters. The number of likely N-dealkylation sites (tertiary alicyclic amines) is 1. The topological polar surface area (TPSA) is 60.9 Å². The van der Waals surface area contributed by atoms with Crippen molar-refractivity contribution >= 4 is 11.9 Å². The summed E-state index contributed by atoms with van der Waals surface area (Å²) in [6.07, 6.45) is -2.03. The summed E-state index contributed by atoms with van der Waals surface area (Å²) < 4.78 is 37.8. The predicted molar refractivity (Wildman–Crippen MR) is 79.0 cm³/mol. The van der Waals surface area contributed by atoms with Crippen molar-refractivity contribution in [2.45, 2.75) is 45.2 Å². The van der Waals surface area contributed by atoms with Crippen LogP contribution in [0.3, 0.4) is 0 Å². The van der Waals surface area contributed by atoms with Gasteiger partial charge in [0, 0.05) is 19.5 Å². The molecular weight excluding hydrogens is 313 g/mol. The van der Waals surface area contributed by atoms with Gasteiger partial charge in [0.1, 0.15) is 6.54 Å². The second kappa shape index (κ2) is 9.10. The average molecular weight is 338 g/mol. The van der Waals surface area contributed by atoms with E-state index in [0.29, 0.717) is 32.4 Å². The third-order valence-corrected chi connectivity index (χ3v) is 3.90. The van der Waals surface area contributed by atoms with Gasteiger partial charge in [-0.25, -0.2) is 0 Å². The Morgan fingerprint density at radius 3 is 2.61 bits per heavy atom. The largest absolute Gasteiger partial charge is 0.481 e. The number of rotatable bonds is 8. The summed E-state index contributed by atoms with van der Waals surface area (Å²) >= 11 is 0. The molecule has 1 amide bonds. The van der Waals surface area contributed by atoms with Crippen molar-refractivity contribution in [3.8, 4) is 0 Å². The number of aliphatic carboxylic acids is 1. The van der Waals surface area contributed by atoms with Crippen LogP contribution in [0.1, 0.15) is 39.0 Å². The molecule has 1 heterocycles. The van der Waals surface area contributed by atoms with Crippen LogP contribution in [0.25, 0.3) is 0 Å². The highest BCUT2D eigenvalue weighted by Crippen LogP contribution is 2.23. The van der Waals surface area contributed by atoms with Gasteiger partial charge in [0.15, 0.2) is 0 Å². The second-order valence-corrected chi connectivity index (χ2v) is 6.01. The summed E-state index contributed by atoms with van der Waals surface area (Å²) in [7, 11) is 0. The van der Waals surface area contributed by atoms with Gasteiger partial charge >= 0.3 is 12.1 Å². The number of piperidine rings is 1. The first-order chi connectivity index (χ1) is 10.7.